The summed E-state index contributed by atoms with van der Waals surface area (Å²) in [5.74, 6) is 1.74. The number of benzene rings is 1. The Morgan fingerprint density at radius 3 is 2.71 bits per heavy atom. The molecule has 21 heavy (non-hydrogen) atoms. The molecule has 0 bridgehead atoms. The van der Waals surface area contributed by atoms with Crippen molar-refractivity contribution in [3.05, 3.63) is 42.0 Å². The molecule has 5 heteroatoms. The Hall–Kier alpha value is -1.88. The Morgan fingerprint density at radius 1 is 1.24 bits per heavy atom. The normalized spacial score (nSPS) is 12.6. The van der Waals surface area contributed by atoms with Gasteiger partial charge in [0.15, 0.2) is 5.82 Å². The van der Waals surface area contributed by atoms with Crippen molar-refractivity contribution in [2.24, 2.45) is 0 Å². The van der Waals surface area contributed by atoms with Crippen molar-refractivity contribution in [2.75, 3.05) is 6.54 Å². The van der Waals surface area contributed by atoms with Gasteiger partial charge in [0, 0.05) is 17.6 Å². The standard InChI is InChI=1S/C16H24N4O/c1-5-17-13(4)14-8-6-7-9-15(14)21-10-16-18-11-19-20(16)12(2)3/h6-9,11-13,17H,5,10H2,1-4H3. The van der Waals surface area contributed by atoms with Crippen LogP contribution in [0, 0.1) is 0 Å². The highest BCUT2D eigenvalue weighted by molar-refractivity contribution is 5.35. The predicted molar refractivity (Wildman–Crippen MR) is 83.3 cm³/mol. The van der Waals surface area contributed by atoms with Gasteiger partial charge in [0.1, 0.15) is 18.7 Å². The lowest BCUT2D eigenvalue weighted by Gasteiger charge is -2.18. The van der Waals surface area contributed by atoms with Crippen molar-refractivity contribution in [1.82, 2.24) is 20.1 Å². The number of nitrogens with one attached hydrogen (secondary N) is 1. The zero-order chi connectivity index (χ0) is 15.2. The number of nitrogens with zero attached hydrogens (tertiary/aromatic N) is 3. The molecule has 1 N–H and O–H groups in total. The molecule has 2 rings (SSSR count). The van der Waals surface area contributed by atoms with Crippen molar-refractivity contribution in [2.45, 2.75) is 46.4 Å². The topological polar surface area (TPSA) is 52.0 Å². The number of hydrogen-bond donors (Lipinski definition) is 1. The molecule has 0 aliphatic carbocycles. The average Bonchev–Trinajstić information content (AvgIpc) is 2.94. The molecule has 0 aliphatic heterocycles. The van der Waals surface area contributed by atoms with Crippen LogP contribution in [0.1, 0.15) is 51.2 Å². The van der Waals surface area contributed by atoms with E-state index in [9.17, 15) is 0 Å². The van der Waals surface area contributed by atoms with Crippen LogP contribution in [-0.2, 0) is 6.61 Å². The highest BCUT2D eigenvalue weighted by Gasteiger charge is 2.12. The van der Waals surface area contributed by atoms with Gasteiger partial charge in [-0.05, 0) is 33.4 Å². The average molecular weight is 288 g/mol. The quantitative estimate of drug-likeness (QED) is 0.850. The summed E-state index contributed by atoms with van der Waals surface area (Å²) in [5.41, 5.74) is 1.16. The molecule has 1 heterocycles. The van der Waals surface area contributed by atoms with Crippen LogP contribution < -0.4 is 10.1 Å². The summed E-state index contributed by atoms with van der Waals surface area (Å²) in [7, 11) is 0. The fourth-order valence-corrected chi connectivity index (χ4v) is 2.34. The molecule has 0 saturated heterocycles. The van der Waals surface area contributed by atoms with Gasteiger partial charge in [-0.1, -0.05) is 25.1 Å². The number of rotatable bonds is 7. The summed E-state index contributed by atoms with van der Waals surface area (Å²) >= 11 is 0. The monoisotopic (exact) mass is 288 g/mol. The Bertz CT molecular complexity index is 565. The fraction of sp³-hybridized carbons (Fsp3) is 0.500. The van der Waals surface area contributed by atoms with Crippen molar-refractivity contribution in [1.29, 1.82) is 0 Å². The summed E-state index contributed by atoms with van der Waals surface area (Å²) < 4.78 is 7.86. The maximum Gasteiger partial charge on any atom is 0.165 e. The van der Waals surface area contributed by atoms with E-state index in [1.165, 1.54) is 0 Å². The van der Waals surface area contributed by atoms with Gasteiger partial charge >= 0.3 is 0 Å². The molecular weight excluding hydrogens is 264 g/mol. The zero-order valence-electron chi connectivity index (χ0n) is 13.2. The van der Waals surface area contributed by atoms with E-state index in [0.29, 0.717) is 6.61 Å². The fourth-order valence-electron chi connectivity index (χ4n) is 2.34. The summed E-state index contributed by atoms with van der Waals surface area (Å²) in [6, 6.07) is 8.66. The number of ether oxygens (including phenoxy) is 1. The summed E-state index contributed by atoms with van der Waals surface area (Å²) in [4.78, 5) is 4.27. The molecule has 114 valence electrons. The van der Waals surface area contributed by atoms with E-state index in [2.05, 4.69) is 49.2 Å². The lowest BCUT2D eigenvalue weighted by Crippen LogP contribution is -2.18. The lowest BCUT2D eigenvalue weighted by atomic mass is 10.1. The summed E-state index contributed by atoms with van der Waals surface area (Å²) in [6.45, 7) is 9.76. The second-order valence-electron chi connectivity index (χ2n) is 5.32. The maximum absolute atomic E-state index is 5.98. The molecule has 0 saturated carbocycles. The second-order valence-corrected chi connectivity index (χ2v) is 5.32. The molecule has 1 aromatic carbocycles. The second kappa shape index (κ2) is 7.22. The van der Waals surface area contributed by atoms with Crippen LogP contribution >= 0.6 is 0 Å². The van der Waals surface area contributed by atoms with E-state index in [1.807, 2.05) is 22.9 Å². The van der Waals surface area contributed by atoms with Crippen LogP contribution in [0.2, 0.25) is 0 Å². The number of aromatic nitrogens is 3. The third kappa shape index (κ3) is 3.82. The first-order valence-corrected chi connectivity index (χ1v) is 7.47. The molecule has 0 amide bonds. The van der Waals surface area contributed by atoms with Gasteiger partial charge in [0.05, 0.1) is 0 Å². The van der Waals surface area contributed by atoms with E-state index in [0.717, 1.165) is 23.7 Å². The van der Waals surface area contributed by atoms with Gasteiger partial charge in [-0.3, -0.25) is 0 Å². The van der Waals surface area contributed by atoms with Gasteiger partial charge in [-0.2, -0.15) is 5.10 Å². The largest absolute Gasteiger partial charge is 0.485 e. The van der Waals surface area contributed by atoms with Crippen molar-refractivity contribution in [3.8, 4) is 5.75 Å². The smallest absolute Gasteiger partial charge is 0.165 e. The molecule has 0 fully saturated rings. The predicted octanol–water partition coefficient (Wildman–Crippen LogP) is 3.11. The minimum Gasteiger partial charge on any atom is -0.485 e. The van der Waals surface area contributed by atoms with E-state index in [-0.39, 0.29) is 12.1 Å². The molecule has 0 radical (unpaired) electrons. The Labute approximate surface area is 126 Å². The third-order valence-electron chi connectivity index (χ3n) is 3.39. The van der Waals surface area contributed by atoms with Crippen LogP contribution in [0.3, 0.4) is 0 Å². The first-order valence-electron chi connectivity index (χ1n) is 7.47. The summed E-state index contributed by atoms with van der Waals surface area (Å²) in [6.07, 6.45) is 1.58. The first kappa shape index (κ1) is 15.5. The van der Waals surface area contributed by atoms with Gasteiger partial charge < -0.3 is 10.1 Å². The first-order chi connectivity index (χ1) is 10.1. The highest BCUT2D eigenvalue weighted by Crippen LogP contribution is 2.25. The zero-order valence-corrected chi connectivity index (χ0v) is 13.2. The van der Waals surface area contributed by atoms with E-state index in [1.54, 1.807) is 6.33 Å². The SMILES string of the molecule is CCNC(C)c1ccccc1OCc1ncnn1C(C)C. The Morgan fingerprint density at radius 2 is 2.00 bits per heavy atom. The molecule has 1 aromatic heterocycles. The van der Waals surface area contributed by atoms with Gasteiger partial charge in [0.25, 0.3) is 0 Å². The van der Waals surface area contributed by atoms with Crippen LogP contribution in [0.15, 0.2) is 30.6 Å². The third-order valence-corrected chi connectivity index (χ3v) is 3.39. The van der Waals surface area contributed by atoms with Gasteiger partial charge in [-0.25, -0.2) is 9.67 Å². The van der Waals surface area contributed by atoms with Crippen LogP contribution in [0.4, 0.5) is 0 Å². The van der Waals surface area contributed by atoms with E-state index < -0.39 is 0 Å². The van der Waals surface area contributed by atoms with E-state index in [4.69, 9.17) is 4.74 Å². The van der Waals surface area contributed by atoms with Gasteiger partial charge in [0.2, 0.25) is 0 Å². The van der Waals surface area contributed by atoms with Crippen LogP contribution in [-0.4, -0.2) is 21.3 Å². The van der Waals surface area contributed by atoms with Gasteiger partial charge in [-0.15, -0.1) is 0 Å². The molecule has 1 unspecified atom stereocenters. The lowest BCUT2D eigenvalue weighted by molar-refractivity contribution is 0.277. The van der Waals surface area contributed by atoms with Crippen LogP contribution in [0.5, 0.6) is 5.75 Å². The summed E-state index contributed by atoms with van der Waals surface area (Å²) in [5, 5.41) is 7.64. The molecule has 2 aromatic rings. The Kier molecular flexibility index (Phi) is 5.33. The highest BCUT2D eigenvalue weighted by atomic mass is 16.5. The van der Waals surface area contributed by atoms with Crippen molar-refractivity contribution < 1.29 is 4.74 Å². The minimum absolute atomic E-state index is 0.258. The molecule has 0 spiro atoms. The van der Waals surface area contributed by atoms with E-state index >= 15 is 0 Å². The maximum atomic E-state index is 5.98. The Balaban J connectivity index is 2.11. The van der Waals surface area contributed by atoms with Crippen molar-refractivity contribution in [3.63, 3.8) is 0 Å². The molecule has 5 nitrogen and oxygen atoms in total. The number of para-hydroxylation sites is 1. The molecule has 0 aliphatic rings. The van der Waals surface area contributed by atoms with Crippen molar-refractivity contribution >= 4 is 0 Å². The van der Waals surface area contributed by atoms with Crippen LogP contribution in [0.25, 0.3) is 0 Å². The molecular formula is C16H24N4O. The molecule has 1 atom stereocenters. The number of hydrogen-bond acceptors (Lipinski definition) is 4. The minimum atomic E-state index is 0.258.